The van der Waals surface area contributed by atoms with E-state index in [2.05, 4.69) is 178 Å². The molecule has 0 bridgehead atoms. The summed E-state index contributed by atoms with van der Waals surface area (Å²) in [6.07, 6.45) is 0.968. The van der Waals surface area contributed by atoms with Gasteiger partial charge in [0.1, 0.15) is 0 Å². The summed E-state index contributed by atoms with van der Waals surface area (Å²) in [6.45, 7) is 36.5. The summed E-state index contributed by atoms with van der Waals surface area (Å²) in [5, 5.41) is 0. The molecule has 392 valence electrons. The van der Waals surface area contributed by atoms with Gasteiger partial charge in [-0.2, -0.15) is 11.6 Å². The zero-order valence-electron chi connectivity index (χ0n) is 45.8. The third-order valence-corrected chi connectivity index (χ3v) is 15.1. The quantitative estimate of drug-likeness (QED) is 0.119. The van der Waals surface area contributed by atoms with Crippen molar-refractivity contribution in [3.8, 4) is 33.4 Å². The van der Waals surface area contributed by atoms with Crippen molar-refractivity contribution in [2.24, 2.45) is 11.3 Å². The molecule has 0 fully saturated rings. The van der Waals surface area contributed by atoms with Gasteiger partial charge in [0.2, 0.25) is 0 Å². The Morgan fingerprint density at radius 1 is 0.554 bits per heavy atom. The Bertz CT molecular complexity index is 2860. The van der Waals surface area contributed by atoms with Gasteiger partial charge in [-0.3, -0.25) is 6.08 Å². The smallest absolute Gasteiger partial charge is 1.00 e. The van der Waals surface area contributed by atoms with Crippen LogP contribution in [-0.2, 0) is 53.8 Å². The van der Waals surface area contributed by atoms with E-state index >= 15 is 0 Å². The SMILES string of the molecule is CCC1[C-]=CC(C(C)(C)C)=C1.Cc1cc(C)c(-c2[c-]c3c(cc2C(C)(C)C)-c2cc(C(C)(C)C)c(-c4c(C)cc(C)cc4C)cc2C3)c(C)c1.FC(F)(F)c1cccc([C](=[Zr+2])c2cccc(C(F)(F)F)c2)c1.[Cl-].[Cl-]. The normalized spacial score (nSPS) is 14.1. The molecule has 0 saturated carbocycles. The molecule has 0 aromatic heterocycles. The minimum Gasteiger partial charge on any atom is -1.00 e. The van der Waals surface area contributed by atoms with Gasteiger partial charge in [-0.05, 0) is 92.2 Å². The van der Waals surface area contributed by atoms with Gasteiger partial charge in [0, 0.05) is 0 Å². The van der Waals surface area contributed by atoms with Gasteiger partial charge in [0.15, 0.2) is 0 Å². The fourth-order valence-corrected chi connectivity index (χ4v) is 10.8. The van der Waals surface area contributed by atoms with E-state index in [4.69, 9.17) is 0 Å². The van der Waals surface area contributed by atoms with E-state index in [0.29, 0.717) is 14.5 Å². The van der Waals surface area contributed by atoms with Crippen molar-refractivity contribution in [2.45, 2.75) is 147 Å². The average molecular weight is 1130 g/mol. The molecule has 2 aliphatic carbocycles. The number of fused-ring (bicyclic) bond motifs is 3. The monoisotopic (exact) mass is 1120 g/mol. The third kappa shape index (κ3) is 14.4. The topological polar surface area (TPSA) is 0 Å². The van der Waals surface area contributed by atoms with Gasteiger partial charge in [-0.25, -0.2) is 6.08 Å². The molecular weight excluding hydrogens is 1060 g/mol. The number of halogens is 8. The first kappa shape index (κ1) is 62.3. The summed E-state index contributed by atoms with van der Waals surface area (Å²) in [6, 6.07) is 30.0. The molecule has 1 atom stereocenters. The average Bonchev–Trinajstić information content (AvgIpc) is 3.89. The minimum atomic E-state index is -4.49. The summed E-state index contributed by atoms with van der Waals surface area (Å²) < 4.78 is 76.7. The summed E-state index contributed by atoms with van der Waals surface area (Å²) >= 11 is 0.729. The number of allylic oxidation sites excluding steroid dienone is 4. The van der Waals surface area contributed by atoms with Crippen molar-refractivity contribution in [1.82, 2.24) is 0 Å². The summed E-state index contributed by atoms with van der Waals surface area (Å²) in [5.74, 6) is 0.573. The van der Waals surface area contributed by atoms with E-state index in [0.717, 1.165) is 54.9 Å². The molecule has 6 aromatic carbocycles. The van der Waals surface area contributed by atoms with Crippen LogP contribution >= 0.6 is 0 Å². The van der Waals surface area contributed by atoms with Gasteiger partial charge in [0.25, 0.3) is 0 Å². The van der Waals surface area contributed by atoms with Gasteiger partial charge in [-0.1, -0.05) is 162 Å². The Labute approximate surface area is 465 Å². The molecule has 0 aliphatic heterocycles. The van der Waals surface area contributed by atoms with Crippen molar-refractivity contribution < 1.29 is 75.4 Å². The largest absolute Gasteiger partial charge is 1.00 e. The van der Waals surface area contributed by atoms with E-state index < -0.39 is 23.5 Å². The number of hydrogen-bond donors (Lipinski definition) is 0. The van der Waals surface area contributed by atoms with Crippen LogP contribution in [0.25, 0.3) is 33.4 Å². The molecule has 0 heterocycles. The number of alkyl halides is 6. The van der Waals surface area contributed by atoms with Crippen molar-refractivity contribution in [3.63, 3.8) is 0 Å². The molecule has 0 radical (unpaired) electrons. The predicted octanol–water partition coefficient (Wildman–Crippen LogP) is 13.0. The van der Waals surface area contributed by atoms with E-state index in [9.17, 15) is 26.3 Å². The minimum absolute atomic E-state index is 0. The Morgan fingerprint density at radius 3 is 1.39 bits per heavy atom. The Kier molecular flexibility index (Phi) is 19.8. The van der Waals surface area contributed by atoms with Crippen molar-refractivity contribution >= 4 is 3.21 Å². The van der Waals surface area contributed by atoms with Gasteiger partial charge in [-0.15, -0.1) is 28.8 Å². The zero-order chi connectivity index (χ0) is 53.6. The van der Waals surface area contributed by atoms with Crippen molar-refractivity contribution in [3.05, 3.63) is 199 Å². The van der Waals surface area contributed by atoms with E-state index in [1.165, 1.54) is 125 Å². The Balaban J connectivity index is 0.000000284. The first-order valence-corrected chi connectivity index (χ1v) is 26.1. The number of rotatable bonds is 5. The van der Waals surface area contributed by atoms with Crippen LogP contribution in [-0.4, -0.2) is 3.21 Å². The molecular formula is C65H70Cl2F6Zr-2. The van der Waals surface area contributed by atoms with E-state index in [1.807, 2.05) is 0 Å². The Hall–Kier alpha value is -4.29. The third-order valence-electron chi connectivity index (χ3n) is 13.6. The summed E-state index contributed by atoms with van der Waals surface area (Å²) in [5.41, 5.74) is 22.5. The first-order valence-electron chi connectivity index (χ1n) is 24.9. The van der Waals surface area contributed by atoms with Gasteiger partial charge >= 0.3 is 137 Å². The van der Waals surface area contributed by atoms with Gasteiger partial charge in [0.05, 0.1) is 0 Å². The number of hydrogen-bond acceptors (Lipinski definition) is 0. The predicted molar refractivity (Wildman–Crippen MR) is 285 cm³/mol. The summed E-state index contributed by atoms with van der Waals surface area (Å²) in [4.78, 5) is 0. The second-order valence-electron chi connectivity index (χ2n) is 23.0. The molecule has 1 unspecified atom stereocenters. The fourth-order valence-electron chi connectivity index (χ4n) is 10.1. The maximum absolute atomic E-state index is 12.7. The molecule has 2 aliphatic rings. The van der Waals surface area contributed by atoms with Gasteiger partial charge < -0.3 is 24.8 Å². The molecule has 0 spiro atoms. The summed E-state index contributed by atoms with van der Waals surface area (Å²) in [7, 11) is 0. The molecule has 74 heavy (non-hydrogen) atoms. The maximum Gasteiger partial charge on any atom is -1.00 e. The van der Waals surface area contributed by atoms with Crippen LogP contribution in [0.4, 0.5) is 26.3 Å². The van der Waals surface area contributed by atoms with Crippen LogP contribution in [0.5, 0.6) is 0 Å². The first-order chi connectivity index (χ1) is 33.2. The van der Waals surface area contributed by atoms with Crippen LogP contribution < -0.4 is 24.8 Å². The standard InChI is InChI=1S/C39H45.C15H8F6.C11H17.2ClH.Zr/c1-22-13-24(3)36(25(4)14-22)32-18-28-17-29-19-33(37-26(5)15-23(2)16-27(37)6)35(39(10,11)12)21-31(29)30(28)20-34(32)38(7,8)9;16-14(17,18)12-5-1-3-10(8-12)7-11-4-2-6-13(9-11)15(19,20)21;1-5-9-6-7-10(8-9)11(2,3)4;;;/h13-16,18,20-21H,17H2,1-12H3;1-6,8-9H;7-9H,5H2,1-4H3;2*1H;/q-1;;-1;;;+2/p-2. The zero-order valence-corrected chi connectivity index (χ0v) is 49.8. The molecule has 9 heteroatoms. The van der Waals surface area contributed by atoms with Crippen LogP contribution in [0.1, 0.15) is 154 Å². The second kappa shape index (κ2) is 23.5. The van der Waals surface area contributed by atoms with Crippen LogP contribution in [0.2, 0.25) is 0 Å². The number of benzene rings is 6. The molecule has 0 amide bonds. The van der Waals surface area contributed by atoms with E-state index in [1.54, 1.807) is 0 Å². The van der Waals surface area contributed by atoms with Crippen LogP contribution in [0.15, 0.2) is 109 Å². The molecule has 0 N–H and O–H groups in total. The molecule has 0 nitrogen and oxygen atoms in total. The molecule has 6 aromatic rings. The van der Waals surface area contributed by atoms with Crippen molar-refractivity contribution in [2.75, 3.05) is 0 Å². The van der Waals surface area contributed by atoms with Crippen LogP contribution in [0.3, 0.4) is 0 Å². The van der Waals surface area contributed by atoms with Crippen LogP contribution in [0, 0.1) is 65.0 Å². The number of aryl methyl sites for hydroxylation is 6. The van der Waals surface area contributed by atoms with Crippen molar-refractivity contribution in [1.29, 1.82) is 0 Å². The van der Waals surface area contributed by atoms with E-state index in [-0.39, 0.29) is 46.8 Å². The molecule has 8 rings (SSSR count). The molecule has 0 saturated heterocycles. The second-order valence-corrected chi connectivity index (χ2v) is 24.2. The Morgan fingerprint density at radius 2 is 1.00 bits per heavy atom. The maximum atomic E-state index is 12.7. The fraction of sp³-hybridized carbons (Fsp3) is 0.369.